The van der Waals surface area contributed by atoms with Crippen molar-refractivity contribution in [3.05, 3.63) is 0 Å². The molecule has 0 aromatic rings. The highest BCUT2D eigenvalue weighted by molar-refractivity contribution is 5.16. The number of nitrogens with zero attached hydrogens (tertiary/aromatic N) is 1. The molecule has 0 aromatic heterocycles. The Kier molecular flexibility index (Phi) is 1.59. The summed E-state index contributed by atoms with van der Waals surface area (Å²) in [6.45, 7) is 1.73. The van der Waals surface area contributed by atoms with Crippen LogP contribution >= 0.6 is 0 Å². The fourth-order valence-electron chi connectivity index (χ4n) is 1.70. The summed E-state index contributed by atoms with van der Waals surface area (Å²) >= 11 is 0. The van der Waals surface area contributed by atoms with E-state index < -0.39 is 0 Å². The third-order valence-corrected chi connectivity index (χ3v) is 2.52. The molecule has 0 amide bonds. The molecule has 2 fully saturated rings. The van der Waals surface area contributed by atoms with Crippen molar-refractivity contribution < 1.29 is 4.74 Å². The molecule has 2 rings (SSSR count). The zero-order valence-corrected chi connectivity index (χ0v) is 6.47. The minimum Gasteiger partial charge on any atom is -0.370 e. The molecule has 11 heavy (non-hydrogen) atoms. The van der Waals surface area contributed by atoms with E-state index >= 15 is 0 Å². The van der Waals surface area contributed by atoms with Crippen molar-refractivity contribution >= 4 is 0 Å². The van der Waals surface area contributed by atoms with E-state index in [4.69, 9.17) is 10.00 Å². The topological polar surface area (TPSA) is 48.4 Å². The Bertz CT molecular complexity index is 187. The van der Waals surface area contributed by atoms with Crippen LogP contribution in [0.3, 0.4) is 0 Å². The van der Waals surface area contributed by atoms with E-state index in [1.54, 1.807) is 0 Å². The van der Waals surface area contributed by atoms with Gasteiger partial charge in [0.2, 0.25) is 0 Å². The highest BCUT2D eigenvalue weighted by Crippen LogP contribution is 2.31. The highest BCUT2D eigenvalue weighted by Gasteiger charge is 2.47. The lowest BCUT2D eigenvalue weighted by Gasteiger charge is -2.30. The summed E-state index contributed by atoms with van der Waals surface area (Å²) in [5.41, 5.74) is -0.335. The van der Waals surface area contributed by atoms with Gasteiger partial charge in [-0.05, 0) is 25.8 Å². The van der Waals surface area contributed by atoms with Gasteiger partial charge in [-0.25, -0.2) is 0 Å². The molecule has 0 aliphatic carbocycles. The van der Waals surface area contributed by atoms with Gasteiger partial charge in [0.15, 0.2) is 0 Å². The number of nitriles is 1. The summed E-state index contributed by atoms with van der Waals surface area (Å²) < 4.78 is 5.16. The van der Waals surface area contributed by atoms with Gasteiger partial charge >= 0.3 is 0 Å². The molecule has 2 atom stereocenters. The second kappa shape index (κ2) is 2.47. The predicted molar refractivity (Wildman–Crippen MR) is 39.9 cm³/mol. The van der Waals surface area contributed by atoms with Gasteiger partial charge in [-0.2, -0.15) is 5.26 Å². The summed E-state index contributed by atoms with van der Waals surface area (Å²) in [6, 6.07) is 2.34. The summed E-state index contributed by atoms with van der Waals surface area (Å²) in [5, 5.41) is 12.2. The second-order valence-corrected chi connectivity index (χ2v) is 3.29. The standard InChI is InChI=1S/C8H12N2O/c9-6-8(7-5-11-7)3-1-2-4-10-8/h7,10H,1-5H2. The molecule has 2 saturated heterocycles. The lowest BCUT2D eigenvalue weighted by atomic mass is 9.87. The lowest BCUT2D eigenvalue weighted by molar-refractivity contribution is 0.243. The fraction of sp³-hybridized carbons (Fsp3) is 0.875. The molecule has 3 nitrogen and oxygen atoms in total. The van der Waals surface area contributed by atoms with E-state index in [2.05, 4.69) is 11.4 Å². The molecule has 2 aliphatic heterocycles. The van der Waals surface area contributed by atoms with Gasteiger partial charge in [0, 0.05) is 0 Å². The number of ether oxygens (including phenoxy) is 1. The van der Waals surface area contributed by atoms with Crippen LogP contribution in [0.25, 0.3) is 0 Å². The van der Waals surface area contributed by atoms with Gasteiger partial charge < -0.3 is 4.74 Å². The lowest BCUT2D eigenvalue weighted by Crippen LogP contribution is -2.51. The highest BCUT2D eigenvalue weighted by atomic mass is 16.6. The molecule has 0 saturated carbocycles. The molecule has 60 valence electrons. The van der Waals surface area contributed by atoms with Gasteiger partial charge in [0.1, 0.15) is 11.6 Å². The third kappa shape index (κ3) is 1.13. The number of hydrogen-bond donors (Lipinski definition) is 1. The first kappa shape index (κ1) is 7.08. The van der Waals surface area contributed by atoms with Crippen LogP contribution in [0.1, 0.15) is 19.3 Å². The van der Waals surface area contributed by atoms with E-state index in [1.807, 2.05) is 0 Å². The van der Waals surface area contributed by atoms with E-state index in [9.17, 15) is 0 Å². The van der Waals surface area contributed by atoms with Gasteiger partial charge in [-0.3, -0.25) is 5.32 Å². The van der Waals surface area contributed by atoms with Crippen LogP contribution in [-0.4, -0.2) is 24.8 Å². The first-order chi connectivity index (χ1) is 5.37. The summed E-state index contributed by atoms with van der Waals surface area (Å²) in [6.07, 6.45) is 3.47. The van der Waals surface area contributed by atoms with E-state index in [-0.39, 0.29) is 11.6 Å². The van der Waals surface area contributed by atoms with Crippen LogP contribution in [-0.2, 0) is 4.74 Å². The van der Waals surface area contributed by atoms with E-state index in [1.165, 1.54) is 6.42 Å². The van der Waals surface area contributed by atoms with Crippen molar-refractivity contribution in [2.45, 2.75) is 30.9 Å². The molecule has 0 bridgehead atoms. The minimum atomic E-state index is -0.335. The zero-order valence-electron chi connectivity index (χ0n) is 6.47. The molecule has 2 heterocycles. The number of rotatable bonds is 1. The van der Waals surface area contributed by atoms with Crippen molar-refractivity contribution in [1.29, 1.82) is 5.26 Å². The molecular formula is C8H12N2O. The zero-order chi connectivity index (χ0) is 7.73. The van der Waals surface area contributed by atoms with Crippen molar-refractivity contribution in [1.82, 2.24) is 5.32 Å². The molecular weight excluding hydrogens is 140 g/mol. The van der Waals surface area contributed by atoms with Crippen LogP contribution in [0.4, 0.5) is 0 Å². The number of nitrogens with one attached hydrogen (secondary N) is 1. The van der Waals surface area contributed by atoms with Crippen molar-refractivity contribution in [3.8, 4) is 6.07 Å². The van der Waals surface area contributed by atoms with E-state index in [0.29, 0.717) is 0 Å². The Hall–Kier alpha value is -0.590. The predicted octanol–water partition coefficient (Wildman–Crippen LogP) is 0.421. The Morgan fingerprint density at radius 3 is 2.82 bits per heavy atom. The number of epoxide rings is 1. The van der Waals surface area contributed by atoms with E-state index in [0.717, 1.165) is 26.0 Å². The Morgan fingerprint density at radius 2 is 2.36 bits per heavy atom. The second-order valence-electron chi connectivity index (χ2n) is 3.29. The van der Waals surface area contributed by atoms with Gasteiger partial charge in [-0.1, -0.05) is 0 Å². The average Bonchev–Trinajstić information content (AvgIpc) is 2.88. The van der Waals surface area contributed by atoms with Gasteiger partial charge in [0.25, 0.3) is 0 Å². The smallest absolute Gasteiger partial charge is 0.135 e. The van der Waals surface area contributed by atoms with Crippen molar-refractivity contribution in [3.63, 3.8) is 0 Å². The van der Waals surface area contributed by atoms with Crippen molar-refractivity contribution in [2.75, 3.05) is 13.2 Å². The maximum Gasteiger partial charge on any atom is 0.135 e. The first-order valence-electron chi connectivity index (χ1n) is 4.15. The molecule has 0 spiro atoms. The van der Waals surface area contributed by atoms with Crippen molar-refractivity contribution in [2.24, 2.45) is 0 Å². The maximum absolute atomic E-state index is 8.96. The fourth-order valence-corrected chi connectivity index (χ4v) is 1.70. The first-order valence-corrected chi connectivity index (χ1v) is 4.15. The van der Waals surface area contributed by atoms with Crippen LogP contribution in [0.15, 0.2) is 0 Å². The molecule has 1 N–H and O–H groups in total. The maximum atomic E-state index is 8.96. The monoisotopic (exact) mass is 152 g/mol. The molecule has 2 aliphatic rings. The van der Waals surface area contributed by atoms with Gasteiger partial charge in [-0.15, -0.1) is 0 Å². The van der Waals surface area contributed by atoms with Gasteiger partial charge in [0.05, 0.1) is 12.7 Å². The SMILES string of the molecule is N#CC1(C2CO2)CCCCN1. The summed E-state index contributed by atoms with van der Waals surface area (Å²) in [7, 11) is 0. The molecule has 3 heteroatoms. The Balaban J connectivity index is 2.08. The van der Waals surface area contributed by atoms with Crippen LogP contribution in [0.5, 0.6) is 0 Å². The largest absolute Gasteiger partial charge is 0.370 e. The van der Waals surface area contributed by atoms with Crippen LogP contribution in [0.2, 0.25) is 0 Å². The quantitative estimate of drug-likeness (QED) is 0.554. The van der Waals surface area contributed by atoms with Crippen LogP contribution in [0, 0.1) is 11.3 Å². The normalized spacial score (nSPS) is 43.0. The number of piperidine rings is 1. The molecule has 0 radical (unpaired) electrons. The summed E-state index contributed by atoms with van der Waals surface area (Å²) in [4.78, 5) is 0. The van der Waals surface area contributed by atoms with Crippen LogP contribution < -0.4 is 5.32 Å². The Morgan fingerprint density at radius 1 is 1.55 bits per heavy atom. The number of hydrogen-bond acceptors (Lipinski definition) is 3. The molecule has 0 aromatic carbocycles. The molecule has 2 unspecified atom stereocenters. The summed E-state index contributed by atoms with van der Waals surface area (Å²) in [5.74, 6) is 0. The minimum absolute atomic E-state index is 0.174. The average molecular weight is 152 g/mol. The Labute approximate surface area is 66.3 Å². The third-order valence-electron chi connectivity index (χ3n) is 2.52.